The van der Waals surface area contributed by atoms with Gasteiger partial charge in [-0.2, -0.15) is 0 Å². The van der Waals surface area contributed by atoms with Crippen molar-refractivity contribution >= 4 is 27.3 Å². The van der Waals surface area contributed by atoms with Crippen molar-refractivity contribution < 1.29 is 17.6 Å². The van der Waals surface area contributed by atoms with Crippen molar-refractivity contribution in [1.29, 1.82) is 0 Å². The van der Waals surface area contributed by atoms with Crippen molar-refractivity contribution in [2.75, 3.05) is 55.2 Å². The van der Waals surface area contributed by atoms with Gasteiger partial charge in [-0.3, -0.25) is 9.10 Å². The Labute approximate surface area is 177 Å². The van der Waals surface area contributed by atoms with Gasteiger partial charge in [0.15, 0.2) is 0 Å². The number of anilines is 2. The fourth-order valence-electron chi connectivity index (χ4n) is 3.31. The van der Waals surface area contributed by atoms with Crippen LogP contribution in [0.5, 0.6) is 0 Å². The summed E-state index contributed by atoms with van der Waals surface area (Å²) in [7, 11) is -1.62. The number of carbonyl (C=O) groups excluding carboxylic acids is 1. The maximum absolute atomic E-state index is 13.5. The lowest BCUT2D eigenvalue weighted by Crippen LogP contribution is -2.44. The average Bonchev–Trinajstić information content (AvgIpc) is 2.70. The summed E-state index contributed by atoms with van der Waals surface area (Å²) in [6, 6.07) is 13.1. The van der Waals surface area contributed by atoms with Crippen molar-refractivity contribution in [3.05, 3.63) is 59.9 Å². The number of carbonyl (C=O) groups is 1. The SMILES string of the molecule is CN1CCN(c2ccc(CNC(=O)CN(c3cccc(F)c3)S(C)(=O)=O)cc2)CC1. The standard InChI is InChI=1S/C21H27FN4O3S/c1-24-10-12-25(13-11-24)19-8-6-17(7-9-19)15-23-21(27)16-26(30(2,28)29)20-5-3-4-18(22)14-20/h3-9,14H,10-13,15-16H2,1-2H3,(H,23,27). The van der Waals surface area contributed by atoms with Crippen molar-refractivity contribution in [3.63, 3.8) is 0 Å². The van der Waals surface area contributed by atoms with Crippen LogP contribution < -0.4 is 14.5 Å². The molecule has 0 aromatic heterocycles. The minimum absolute atomic E-state index is 0.115. The van der Waals surface area contributed by atoms with Gasteiger partial charge in [0.25, 0.3) is 0 Å². The van der Waals surface area contributed by atoms with Crippen molar-refractivity contribution in [2.24, 2.45) is 0 Å². The van der Waals surface area contributed by atoms with E-state index in [0.717, 1.165) is 54.1 Å². The predicted octanol–water partition coefficient (Wildman–Crippen LogP) is 1.66. The van der Waals surface area contributed by atoms with Crippen LogP contribution in [-0.2, 0) is 21.4 Å². The van der Waals surface area contributed by atoms with Gasteiger partial charge in [-0.1, -0.05) is 18.2 Å². The van der Waals surface area contributed by atoms with Crippen LogP contribution in [0, 0.1) is 5.82 Å². The van der Waals surface area contributed by atoms with Crippen molar-refractivity contribution in [1.82, 2.24) is 10.2 Å². The lowest BCUT2D eigenvalue weighted by atomic mass is 10.1. The third kappa shape index (κ3) is 5.93. The Hall–Kier alpha value is -2.65. The first-order valence-corrected chi connectivity index (χ1v) is 11.6. The molecule has 0 radical (unpaired) electrons. The van der Waals surface area contributed by atoms with Crippen LogP contribution in [-0.4, -0.2) is 65.3 Å². The second-order valence-corrected chi connectivity index (χ2v) is 9.39. The van der Waals surface area contributed by atoms with E-state index in [1.807, 2.05) is 24.3 Å². The predicted molar refractivity (Wildman–Crippen MR) is 117 cm³/mol. The summed E-state index contributed by atoms with van der Waals surface area (Å²) in [6.07, 6.45) is 0.988. The molecule has 1 aliphatic rings. The quantitative estimate of drug-likeness (QED) is 0.718. The summed E-state index contributed by atoms with van der Waals surface area (Å²) in [6.45, 7) is 3.88. The zero-order chi connectivity index (χ0) is 21.7. The van der Waals surface area contributed by atoms with Gasteiger partial charge < -0.3 is 15.1 Å². The molecular weight excluding hydrogens is 407 g/mol. The smallest absolute Gasteiger partial charge is 0.241 e. The van der Waals surface area contributed by atoms with Gasteiger partial charge in [0.05, 0.1) is 11.9 Å². The molecule has 1 heterocycles. The summed E-state index contributed by atoms with van der Waals surface area (Å²) in [5.74, 6) is -1.03. The Morgan fingerprint density at radius 3 is 2.37 bits per heavy atom. The number of likely N-dealkylation sites (N-methyl/N-ethyl adjacent to an activating group) is 1. The van der Waals surface area contributed by atoms with E-state index in [1.54, 1.807) is 0 Å². The zero-order valence-corrected chi connectivity index (χ0v) is 18.0. The topological polar surface area (TPSA) is 73.0 Å². The second kappa shape index (κ2) is 9.44. The number of sulfonamides is 1. The fraction of sp³-hybridized carbons (Fsp3) is 0.381. The molecule has 0 unspecified atom stereocenters. The Balaban J connectivity index is 1.58. The first-order valence-electron chi connectivity index (χ1n) is 9.75. The molecule has 1 fully saturated rings. The summed E-state index contributed by atoms with van der Waals surface area (Å²) in [4.78, 5) is 17.0. The number of nitrogens with zero attached hydrogens (tertiary/aromatic N) is 3. The molecule has 0 atom stereocenters. The molecule has 1 saturated heterocycles. The molecule has 1 aliphatic heterocycles. The van der Waals surface area contributed by atoms with Crippen LogP contribution in [0.3, 0.4) is 0 Å². The van der Waals surface area contributed by atoms with Gasteiger partial charge in [-0.25, -0.2) is 12.8 Å². The van der Waals surface area contributed by atoms with Crippen LogP contribution in [0.25, 0.3) is 0 Å². The van der Waals surface area contributed by atoms with Gasteiger partial charge in [0.2, 0.25) is 15.9 Å². The Morgan fingerprint density at radius 1 is 1.10 bits per heavy atom. The van der Waals surface area contributed by atoms with Gasteiger partial charge in [-0.15, -0.1) is 0 Å². The van der Waals surface area contributed by atoms with E-state index in [2.05, 4.69) is 22.2 Å². The van der Waals surface area contributed by atoms with Crippen LogP contribution in [0.15, 0.2) is 48.5 Å². The number of benzene rings is 2. The Kier molecular flexibility index (Phi) is 6.94. The molecule has 162 valence electrons. The van der Waals surface area contributed by atoms with E-state index in [0.29, 0.717) is 0 Å². The maximum atomic E-state index is 13.5. The summed E-state index contributed by atoms with van der Waals surface area (Å²) in [5.41, 5.74) is 2.18. The zero-order valence-electron chi connectivity index (χ0n) is 17.2. The van der Waals surface area contributed by atoms with Crippen molar-refractivity contribution in [3.8, 4) is 0 Å². The molecule has 1 amide bonds. The minimum Gasteiger partial charge on any atom is -0.369 e. The third-order valence-corrected chi connectivity index (χ3v) is 6.22. The number of amides is 1. The lowest BCUT2D eigenvalue weighted by Gasteiger charge is -2.34. The van der Waals surface area contributed by atoms with Gasteiger partial charge >= 0.3 is 0 Å². The van der Waals surface area contributed by atoms with Gasteiger partial charge in [0.1, 0.15) is 12.4 Å². The van der Waals surface area contributed by atoms with Crippen LogP contribution in [0.1, 0.15) is 5.56 Å². The average molecular weight is 435 g/mol. The molecule has 3 rings (SSSR count). The van der Waals surface area contributed by atoms with Crippen LogP contribution in [0.4, 0.5) is 15.8 Å². The number of rotatable bonds is 7. The molecule has 2 aromatic carbocycles. The summed E-state index contributed by atoms with van der Waals surface area (Å²) >= 11 is 0. The molecule has 2 aromatic rings. The third-order valence-electron chi connectivity index (χ3n) is 5.08. The van der Waals surface area contributed by atoms with Crippen molar-refractivity contribution in [2.45, 2.75) is 6.54 Å². The molecule has 0 aliphatic carbocycles. The van der Waals surface area contributed by atoms with Gasteiger partial charge in [0, 0.05) is 38.4 Å². The van der Waals surface area contributed by atoms with Gasteiger partial charge in [-0.05, 0) is 42.9 Å². The normalized spacial score (nSPS) is 15.1. The van der Waals surface area contributed by atoms with E-state index >= 15 is 0 Å². The fourth-order valence-corrected chi connectivity index (χ4v) is 4.16. The number of hydrogen-bond donors (Lipinski definition) is 1. The lowest BCUT2D eigenvalue weighted by molar-refractivity contribution is -0.119. The molecule has 0 saturated carbocycles. The number of halogens is 1. The van der Waals surface area contributed by atoms with E-state index in [1.165, 1.54) is 18.2 Å². The van der Waals surface area contributed by atoms with E-state index in [9.17, 15) is 17.6 Å². The number of nitrogens with one attached hydrogen (secondary N) is 1. The minimum atomic E-state index is -3.74. The monoisotopic (exact) mass is 434 g/mol. The van der Waals surface area contributed by atoms with E-state index in [4.69, 9.17) is 0 Å². The molecule has 0 spiro atoms. The Bertz CT molecular complexity index is 974. The highest BCUT2D eigenvalue weighted by atomic mass is 32.2. The van der Waals surface area contributed by atoms with Crippen LogP contribution >= 0.6 is 0 Å². The summed E-state index contributed by atoms with van der Waals surface area (Å²) in [5, 5.41) is 2.73. The highest BCUT2D eigenvalue weighted by Gasteiger charge is 2.21. The van der Waals surface area contributed by atoms with E-state index in [-0.39, 0.29) is 12.2 Å². The van der Waals surface area contributed by atoms with E-state index < -0.39 is 28.3 Å². The molecular formula is C21H27FN4O3S. The first-order chi connectivity index (χ1) is 14.2. The highest BCUT2D eigenvalue weighted by molar-refractivity contribution is 7.92. The maximum Gasteiger partial charge on any atom is 0.241 e. The molecule has 7 nitrogen and oxygen atoms in total. The molecule has 30 heavy (non-hydrogen) atoms. The molecule has 0 bridgehead atoms. The highest BCUT2D eigenvalue weighted by Crippen LogP contribution is 2.19. The number of piperazine rings is 1. The Morgan fingerprint density at radius 2 is 1.77 bits per heavy atom. The first kappa shape index (κ1) is 22.0. The molecule has 1 N–H and O–H groups in total. The molecule has 9 heteroatoms. The largest absolute Gasteiger partial charge is 0.369 e. The summed E-state index contributed by atoms with van der Waals surface area (Å²) < 4.78 is 38.5. The second-order valence-electron chi connectivity index (χ2n) is 7.48. The number of hydrogen-bond acceptors (Lipinski definition) is 5. The van der Waals surface area contributed by atoms with Crippen LogP contribution in [0.2, 0.25) is 0 Å².